The van der Waals surface area contributed by atoms with E-state index in [2.05, 4.69) is 36.0 Å². The number of likely N-dealkylation sites (N-methyl/N-ethyl adjacent to an activating group) is 1. The number of nitrogens with one attached hydrogen (secondary N) is 1. The quantitative estimate of drug-likeness (QED) is 0.837. The smallest absolute Gasteiger partial charge is 0.240 e. The first kappa shape index (κ1) is 16.1. The summed E-state index contributed by atoms with van der Waals surface area (Å²) in [7, 11) is 1.98. The lowest BCUT2D eigenvalue weighted by atomic mass is 10.1. The molecule has 1 aromatic heterocycles. The van der Waals surface area contributed by atoms with E-state index in [1.165, 1.54) is 4.88 Å². The summed E-state index contributed by atoms with van der Waals surface area (Å²) in [5.41, 5.74) is 1.08. The monoisotopic (exact) mass is 283 g/mol. The van der Waals surface area contributed by atoms with Crippen LogP contribution >= 0.6 is 11.3 Å². The molecule has 0 saturated heterocycles. The second-order valence-corrected chi connectivity index (χ2v) is 6.55. The third-order valence-electron chi connectivity index (χ3n) is 2.98. The van der Waals surface area contributed by atoms with Crippen molar-refractivity contribution in [3.63, 3.8) is 0 Å². The summed E-state index contributed by atoms with van der Waals surface area (Å²) in [5.74, 6) is 0.682. The van der Waals surface area contributed by atoms with Gasteiger partial charge < -0.3 is 5.32 Å². The summed E-state index contributed by atoms with van der Waals surface area (Å²) in [6.07, 6.45) is 2.02. The fourth-order valence-electron chi connectivity index (χ4n) is 1.77. The minimum Gasteiger partial charge on any atom is -0.301 e. The molecule has 0 aromatic carbocycles. The van der Waals surface area contributed by atoms with E-state index in [0.29, 0.717) is 12.5 Å². The van der Waals surface area contributed by atoms with E-state index in [1.807, 2.05) is 14.0 Å². The molecule has 0 aliphatic heterocycles. The van der Waals surface area contributed by atoms with Gasteiger partial charge in [0.15, 0.2) is 5.13 Å². The van der Waals surface area contributed by atoms with Gasteiger partial charge in [0.1, 0.15) is 0 Å². The van der Waals surface area contributed by atoms with Gasteiger partial charge in [0.05, 0.1) is 12.2 Å². The highest BCUT2D eigenvalue weighted by molar-refractivity contribution is 7.15. The Bertz CT molecular complexity index is 415. The van der Waals surface area contributed by atoms with Crippen molar-refractivity contribution in [1.82, 2.24) is 9.88 Å². The first-order valence-corrected chi connectivity index (χ1v) is 7.68. The molecule has 1 rings (SSSR count). The minimum absolute atomic E-state index is 0.0164. The molecule has 0 bridgehead atoms. The lowest BCUT2D eigenvalue weighted by Crippen LogP contribution is -2.31. The molecule has 4 nitrogen and oxygen atoms in total. The standard InChI is InChI=1S/C14H25N3OS/c1-6-12-11(4)19-14(15-12)16-13(18)9-17(5)8-7-10(2)3/h10H,6-9H2,1-5H3,(H,15,16,18). The van der Waals surface area contributed by atoms with Crippen LogP contribution in [0.2, 0.25) is 0 Å². The third kappa shape index (κ3) is 5.70. The van der Waals surface area contributed by atoms with Crippen molar-refractivity contribution in [1.29, 1.82) is 0 Å². The maximum atomic E-state index is 11.9. The maximum absolute atomic E-state index is 11.9. The van der Waals surface area contributed by atoms with Crippen molar-refractivity contribution in [3.8, 4) is 0 Å². The zero-order valence-electron chi connectivity index (χ0n) is 12.6. The van der Waals surface area contributed by atoms with Crippen molar-refractivity contribution < 1.29 is 4.79 Å². The van der Waals surface area contributed by atoms with Crippen LogP contribution in [0.5, 0.6) is 0 Å². The largest absolute Gasteiger partial charge is 0.301 e. The summed E-state index contributed by atoms with van der Waals surface area (Å²) >= 11 is 1.55. The Balaban J connectivity index is 2.41. The number of aryl methyl sites for hydroxylation is 2. The molecule has 0 saturated carbocycles. The minimum atomic E-state index is 0.0164. The zero-order chi connectivity index (χ0) is 14.4. The molecule has 0 spiro atoms. The summed E-state index contributed by atoms with van der Waals surface area (Å²) in [6, 6.07) is 0. The lowest BCUT2D eigenvalue weighted by molar-refractivity contribution is -0.117. The summed E-state index contributed by atoms with van der Waals surface area (Å²) in [5, 5.41) is 3.60. The van der Waals surface area contributed by atoms with Gasteiger partial charge >= 0.3 is 0 Å². The van der Waals surface area contributed by atoms with Gasteiger partial charge in [-0.1, -0.05) is 20.8 Å². The van der Waals surface area contributed by atoms with Crippen molar-refractivity contribution in [2.24, 2.45) is 5.92 Å². The molecule has 1 amide bonds. The second-order valence-electron chi connectivity index (χ2n) is 5.34. The highest BCUT2D eigenvalue weighted by Gasteiger charge is 2.11. The number of amides is 1. The number of carbonyl (C=O) groups is 1. The Labute approximate surface area is 120 Å². The Kier molecular flexibility index (Phi) is 6.45. The van der Waals surface area contributed by atoms with Crippen molar-refractivity contribution in [2.45, 2.75) is 40.5 Å². The number of aromatic nitrogens is 1. The van der Waals surface area contributed by atoms with Crippen LogP contribution in [0.1, 0.15) is 37.8 Å². The highest BCUT2D eigenvalue weighted by Crippen LogP contribution is 2.22. The number of hydrogen-bond acceptors (Lipinski definition) is 4. The van der Waals surface area contributed by atoms with Crippen LogP contribution in [0.3, 0.4) is 0 Å². The van der Waals surface area contributed by atoms with E-state index in [4.69, 9.17) is 0 Å². The average Bonchev–Trinajstić information content (AvgIpc) is 2.66. The molecule has 1 aromatic rings. The zero-order valence-corrected chi connectivity index (χ0v) is 13.4. The number of anilines is 1. The van der Waals surface area contributed by atoms with Gasteiger partial charge in [-0.05, 0) is 39.3 Å². The highest BCUT2D eigenvalue weighted by atomic mass is 32.1. The topological polar surface area (TPSA) is 45.2 Å². The molecule has 0 fully saturated rings. The van der Waals surface area contributed by atoms with Crippen LogP contribution in [0, 0.1) is 12.8 Å². The molecule has 108 valence electrons. The van der Waals surface area contributed by atoms with E-state index >= 15 is 0 Å². The van der Waals surface area contributed by atoms with Crippen molar-refractivity contribution >= 4 is 22.4 Å². The number of thiazole rings is 1. The Morgan fingerprint density at radius 3 is 2.68 bits per heavy atom. The average molecular weight is 283 g/mol. The Hall–Kier alpha value is -0.940. The first-order valence-electron chi connectivity index (χ1n) is 6.87. The van der Waals surface area contributed by atoms with Crippen molar-refractivity contribution in [2.75, 3.05) is 25.5 Å². The predicted octanol–water partition coefficient (Wildman–Crippen LogP) is 2.93. The molecule has 1 heterocycles. The van der Waals surface area contributed by atoms with Crippen LogP contribution in [0.25, 0.3) is 0 Å². The fourth-order valence-corrected chi connectivity index (χ4v) is 2.69. The second kappa shape index (κ2) is 7.60. The van der Waals surface area contributed by atoms with Gasteiger partial charge in [-0.2, -0.15) is 0 Å². The molecule has 19 heavy (non-hydrogen) atoms. The van der Waals surface area contributed by atoms with Gasteiger partial charge in [-0.25, -0.2) is 4.98 Å². The molecular formula is C14H25N3OS. The van der Waals surface area contributed by atoms with E-state index in [-0.39, 0.29) is 5.91 Å². The number of carbonyl (C=O) groups excluding carboxylic acids is 1. The van der Waals surface area contributed by atoms with Gasteiger partial charge in [0, 0.05) is 4.88 Å². The fraction of sp³-hybridized carbons (Fsp3) is 0.714. The van der Waals surface area contributed by atoms with Crippen molar-refractivity contribution in [3.05, 3.63) is 10.6 Å². The molecular weight excluding hydrogens is 258 g/mol. The molecule has 5 heteroatoms. The molecule has 0 atom stereocenters. The summed E-state index contributed by atoms with van der Waals surface area (Å²) < 4.78 is 0. The van der Waals surface area contributed by atoms with Gasteiger partial charge in [0.2, 0.25) is 5.91 Å². The van der Waals surface area contributed by atoms with E-state index < -0.39 is 0 Å². The number of rotatable bonds is 7. The van der Waals surface area contributed by atoms with E-state index in [0.717, 1.165) is 30.2 Å². The van der Waals surface area contributed by atoms with Crippen LogP contribution in [-0.2, 0) is 11.2 Å². The molecule has 0 unspecified atom stereocenters. The first-order chi connectivity index (χ1) is 8.92. The van der Waals surface area contributed by atoms with Crippen LogP contribution < -0.4 is 5.32 Å². The summed E-state index contributed by atoms with van der Waals surface area (Å²) in [6.45, 7) is 9.88. The van der Waals surface area contributed by atoms with Crippen LogP contribution in [-0.4, -0.2) is 35.9 Å². The van der Waals surface area contributed by atoms with E-state index in [9.17, 15) is 4.79 Å². The van der Waals surface area contributed by atoms with E-state index in [1.54, 1.807) is 11.3 Å². The summed E-state index contributed by atoms with van der Waals surface area (Å²) in [4.78, 5) is 19.5. The SMILES string of the molecule is CCc1nc(NC(=O)CN(C)CCC(C)C)sc1C. The normalized spacial score (nSPS) is 11.3. The molecule has 0 radical (unpaired) electrons. The van der Waals surface area contributed by atoms with Gasteiger partial charge in [0.25, 0.3) is 0 Å². The lowest BCUT2D eigenvalue weighted by Gasteiger charge is -2.16. The Morgan fingerprint density at radius 1 is 1.47 bits per heavy atom. The van der Waals surface area contributed by atoms with Gasteiger partial charge in [-0.3, -0.25) is 9.69 Å². The van der Waals surface area contributed by atoms with Crippen LogP contribution in [0.4, 0.5) is 5.13 Å². The van der Waals surface area contributed by atoms with Crippen LogP contribution in [0.15, 0.2) is 0 Å². The number of nitrogens with zero attached hydrogens (tertiary/aromatic N) is 2. The molecule has 0 aliphatic rings. The number of hydrogen-bond donors (Lipinski definition) is 1. The maximum Gasteiger partial charge on any atom is 0.240 e. The molecule has 0 aliphatic carbocycles. The predicted molar refractivity (Wildman–Crippen MR) is 81.8 cm³/mol. The van der Waals surface area contributed by atoms with Gasteiger partial charge in [-0.15, -0.1) is 11.3 Å². The molecule has 1 N–H and O–H groups in total. The Morgan fingerprint density at radius 2 is 2.16 bits per heavy atom. The third-order valence-corrected chi connectivity index (χ3v) is 3.90.